The van der Waals surface area contributed by atoms with Crippen molar-refractivity contribution in [3.8, 4) is 0 Å². The molecule has 1 saturated heterocycles. The maximum atomic E-state index is 12.5. The highest BCUT2D eigenvalue weighted by atomic mass is 16.5. The summed E-state index contributed by atoms with van der Waals surface area (Å²) in [4.78, 5) is 29.1. The summed E-state index contributed by atoms with van der Waals surface area (Å²) >= 11 is 0. The van der Waals surface area contributed by atoms with Gasteiger partial charge in [-0.15, -0.1) is 0 Å². The van der Waals surface area contributed by atoms with Crippen LogP contribution in [0, 0.1) is 0 Å². The van der Waals surface area contributed by atoms with Gasteiger partial charge in [-0.1, -0.05) is 13.0 Å². The summed E-state index contributed by atoms with van der Waals surface area (Å²) in [5.74, 6) is -0.346. The van der Waals surface area contributed by atoms with Gasteiger partial charge < -0.3 is 15.4 Å². The van der Waals surface area contributed by atoms with Crippen molar-refractivity contribution in [3.05, 3.63) is 35.9 Å². The van der Waals surface area contributed by atoms with Gasteiger partial charge in [0.15, 0.2) is 5.69 Å². The van der Waals surface area contributed by atoms with Crippen LogP contribution in [0.5, 0.6) is 0 Å². The maximum absolute atomic E-state index is 12.5. The lowest BCUT2D eigenvalue weighted by molar-refractivity contribution is 0.0855. The van der Waals surface area contributed by atoms with Crippen LogP contribution in [0.4, 0.5) is 0 Å². The minimum atomic E-state index is -0.288. The average Bonchev–Trinajstić information content (AvgIpc) is 3.25. The Morgan fingerprint density at radius 3 is 2.96 bits per heavy atom. The molecule has 1 atom stereocenters. The highest BCUT2D eigenvalue weighted by Crippen LogP contribution is 2.14. The van der Waals surface area contributed by atoms with Crippen molar-refractivity contribution in [1.82, 2.24) is 20.0 Å². The number of hydrogen-bond acceptors (Lipinski definition) is 4. The summed E-state index contributed by atoms with van der Waals surface area (Å²) in [6, 6.07) is 5.41. The summed E-state index contributed by atoms with van der Waals surface area (Å²) in [7, 11) is 0. The molecule has 24 heavy (non-hydrogen) atoms. The second kappa shape index (κ2) is 7.44. The fourth-order valence-electron chi connectivity index (χ4n) is 2.78. The Bertz CT molecular complexity index is 735. The molecule has 3 rings (SSSR count). The molecule has 7 nitrogen and oxygen atoms in total. The number of carbonyl (C=O) groups excluding carboxylic acids is 2. The van der Waals surface area contributed by atoms with Crippen molar-refractivity contribution >= 4 is 17.3 Å². The molecule has 2 N–H and O–H groups in total. The number of imidazole rings is 1. The van der Waals surface area contributed by atoms with E-state index in [1.54, 1.807) is 22.7 Å². The van der Waals surface area contributed by atoms with E-state index in [-0.39, 0.29) is 29.4 Å². The van der Waals surface area contributed by atoms with E-state index in [1.165, 1.54) is 0 Å². The van der Waals surface area contributed by atoms with Crippen LogP contribution in [0.15, 0.2) is 24.4 Å². The van der Waals surface area contributed by atoms with E-state index < -0.39 is 0 Å². The fourth-order valence-corrected chi connectivity index (χ4v) is 2.78. The van der Waals surface area contributed by atoms with Gasteiger partial charge in [-0.3, -0.25) is 14.0 Å². The zero-order valence-corrected chi connectivity index (χ0v) is 13.7. The Morgan fingerprint density at radius 2 is 2.21 bits per heavy atom. The molecule has 0 spiro atoms. The Morgan fingerprint density at radius 1 is 1.33 bits per heavy atom. The van der Waals surface area contributed by atoms with Gasteiger partial charge in [-0.05, 0) is 31.4 Å². The number of carbonyl (C=O) groups is 2. The monoisotopic (exact) mass is 330 g/mol. The first-order valence-electron chi connectivity index (χ1n) is 8.35. The quantitative estimate of drug-likeness (QED) is 0.838. The van der Waals surface area contributed by atoms with Gasteiger partial charge in [0.05, 0.1) is 11.6 Å². The van der Waals surface area contributed by atoms with Crippen LogP contribution in [0.1, 0.15) is 47.3 Å². The Kier molecular flexibility index (Phi) is 5.10. The van der Waals surface area contributed by atoms with Crippen molar-refractivity contribution in [2.45, 2.75) is 32.3 Å². The van der Waals surface area contributed by atoms with Crippen LogP contribution in [0.3, 0.4) is 0 Å². The predicted molar refractivity (Wildman–Crippen MR) is 89.1 cm³/mol. The first kappa shape index (κ1) is 16.4. The molecule has 1 aliphatic heterocycles. The highest BCUT2D eigenvalue weighted by Gasteiger charge is 2.22. The maximum Gasteiger partial charge on any atom is 0.287 e. The molecule has 0 aliphatic carbocycles. The number of pyridine rings is 1. The number of fused-ring (bicyclic) bond motifs is 1. The van der Waals surface area contributed by atoms with Crippen molar-refractivity contribution < 1.29 is 14.3 Å². The van der Waals surface area contributed by atoms with E-state index in [0.29, 0.717) is 18.6 Å². The van der Waals surface area contributed by atoms with E-state index in [1.807, 2.05) is 13.0 Å². The number of hydrogen-bond donors (Lipinski definition) is 2. The Hall–Kier alpha value is -2.41. The lowest BCUT2D eigenvalue weighted by atomic mass is 10.2. The van der Waals surface area contributed by atoms with Crippen molar-refractivity contribution in [3.63, 3.8) is 0 Å². The smallest absolute Gasteiger partial charge is 0.287 e. The van der Waals surface area contributed by atoms with Crippen LogP contribution in [-0.4, -0.2) is 47.0 Å². The molecule has 1 unspecified atom stereocenters. The molecular weight excluding hydrogens is 308 g/mol. The van der Waals surface area contributed by atoms with Crippen molar-refractivity contribution in [2.24, 2.45) is 0 Å². The van der Waals surface area contributed by atoms with Gasteiger partial charge in [-0.2, -0.15) is 0 Å². The van der Waals surface area contributed by atoms with E-state index in [2.05, 4.69) is 15.6 Å². The molecule has 2 aromatic heterocycles. The van der Waals surface area contributed by atoms with E-state index >= 15 is 0 Å². The number of aromatic nitrogens is 2. The molecule has 1 aliphatic rings. The molecule has 7 heteroatoms. The van der Waals surface area contributed by atoms with Crippen molar-refractivity contribution in [1.29, 1.82) is 0 Å². The van der Waals surface area contributed by atoms with Crippen LogP contribution >= 0.6 is 0 Å². The number of rotatable bonds is 6. The first-order chi connectivity index (χ1) is 11.7. The van der Waals surface area contributed by atoms with Gasteiger partial charge in [0.25, 0.3) is 11.8 Å². The van der Waals surface area contributed by atoms with Crippen LogP contribution in [0.25, 0.3) is 5.52 Å². The number of amides is 2. The lowest BCUT2D eigenvalue weighted by Gasteiger charge is -2.09. The largest absolute Gasteiger partial charge is 0.376 e. The van der Waals surface area contributed by atoms with Gasteiger partial charge in [-0.25, -0.2) is 4.98 Å². The molecule has 2 aromatic rings. The minimum Gasteiger partial charge on any atom is -0.376 e. The third-order valence-electron chi connectivity index (χ3n) is 4.02. The molecule has 0 aromatic carbocycles. The molecule has 128 valence electrons. The second-order valence-corrected chi connectivity index (χ2v) is 5.84. The summed E-state index contributed by atoms with van der Waals surface area (Å²) in [6.45, 7) is 3.76. The average molecular weight is 330 g/mol. The number of nitrogens with zero attached hydrogens (tertiary/aromatic N) is 2. The zero-order valence-electron chi connectivity index (χ0n) is 13.7. The second-order valence-electron chi connectivity index (χ2n) is 5.84. The molecular formula is C17H22N4O3. The molecule has 0 saturated carbocycles. The third-order valence-corrected chi connectivity index (χ3v) is 4.02. The normalized spacial score (nSPS) is 17.1. The lowest BCUT2D eigenvalue weighted by Crippen LogP contribution is -2.32. The SMILES string of the molecule is CCCNC(=O)c1nc(C(=O)NCC2CCCO2)c2ccccn12. The summed E-state index contributed by atoms with van der Waals surface area (Å²) in [6.07, 6.45) is 4.61. The molecule has 0 radical (unpaired) electrons. The standard InChI is InChI=1S/C17H22N4O3/c1-2-8-18-17(23)15-20-14(13-7-3-4-9-21(13)15)16(22)19-11-12-6-5-10-24-12/h3-4,7,9,12H,2,5-6,8,10-11H2,1H3,(H,18,23)(H,19,22). The molecule has 1 fully saturated rings. The predicted octanol–water partition coefficient (Wildman–Crippen LogP) is 1.38. The zero-order chi connectivity index (χ0) is 16.9. The van der Waals surface area contributed by atoms with Gasteiger partial charge in [0.2, 0.25) is 5.82 Å². The fraction of sp³-hybridized carbons (Fsp3) is 0.471. The van der Waals surface area contributed by atoms with Crippen LogP contribution < -0.4 is 10.6 Å². The van der Waals surface area contributed by atoms with Crippen LogP contribution in [0.2, 0.25) is 0 Å². The Labute approximate surface area is 140 Å². The summed E-state index contributed by atoms with van der Waals surface area (Å²) in [5.41, 5.74) is 0.874. The van der Waals surface area contributed by atoms with Gasteiger partial charge in [0.1, 0.15) is 0 Å². The van der Waals surface area contributed by atoms with E-state index in [0.717, 1.165) is 25.9 Å². The summed E-state index contributed by atoms with van der Waals surface area (Å²) < 4.78 is 7.15. The molecule has 0 bridgehead atoms. The molecule has 3 heterocycles. The highest BCUT2D eigenvalue weighted by molar-refractivity contribution is 6.02. The first-order valence-corrected chi connectivity index (χ1v) is 8.35. The van der Waals surface area contributed by atoms with Gasteiger partial charge in [0, 0.05) is 25.9 Å². The van der Waals surface area contributed by atoms with Gasteiger partial charge >= 0.3 is 0 Å². The third kappa shape index (κ3) is 3.41. The number of ether oxygens (including phenoxy) is 1. The Balaban J connectivity index is 1.81. The topological polar surface area (TPSA) is 84.7 Å². The number of nitrogens with one attached hydrogen (secondary N) is 2. The van der Waals surface area contributed by atoms with Crippen molar-refractivity contribution in [2.75, 3.05) is 19.7 Å². The van der Waals surface area contributed by atoms with E-state index in [9.17, 15) is 9.59 Å². The van der Waals surface area contributed by atoms with E-state index in [4.69, 9.17) is 4.74 Å². The summed E-state index contributed by atoms with van der Waals surface area (Å²) in [5, 5.41) is 5.65. The minimum absolute atomic E-state index is 0.0650. The molecule has 2 amide bonds. The van der Waals surface area contributed by atoms with Crippen LogP contribution in [-0.2, 0) is 4.74 Å².